The summed E-state index contributed by atoms with van der Waals surface area (Å²) in [5.74, 6) is 0. The standard InChI is InChI=1S/C8H13I/c1-2-7-3-5-8(9)6-4-7/h3,8H,2,4-6H2,1H3/t8-/m1/s1. The highest BCUT2D eigenvalue weighted by atomic mass is 127. The van der Waals surface area contributed by atoms with Crippen molar-refractivity contribution in [1.29, 1.82) is 0 Å². The zero-order chi connectivity index (χ0) is 6.69. The van der Waals surface area contributed by atoms with Gasteiger partial charge in [-0.3, -0.25) is 0 Å². The Balaban J connectivity index is 2.40. The third-order valence-electron chi connectivity index (χ3n) is 1.90. The molecule has 0 aromatic rings. The molecule has 1 aliphatic carbocycles. The topological polar surface area (TPSA) is 0 Å². The van der Waals surface area contributed by atoms with Gasteiger partial charge in [0.1, 0.15) is 0 Å². The minimum Gasteiger partial charge on any atom is -0.0843 e. The molecule has 0 bridgehead atoms. The fraction of sp³-hybridized carbons (Fsp3) is 0.750. The van der Waals surface area contributed by atoms with Crippen LogP contribution in [0.5, 0.6) is 0 Å². The Bertz CT molecular complexity index is 116. The highest BCUT2D eigenvalue weighted by molar-refractivity contribution is 14.1. The molecule has 0 fully saturated rings. The SMILES string of the molecule is CCC1=CC[C@@H](I)CC1. The minimum atomic E-state index is 0.915. The molecule has 0 aromatic carbocycles. The number of rotatable bonds is 1. The first-order valence-electron chi connectivity index (χ1n) is 3.65. The molecule has 0 aliphatic heterocycles. The zero-order valence-corrected chi connectivity index (χ0v) is 8.02. The van der Waals surface area contributed by atoms with Crippen molar-refractivity contribution < 1.29 is 0 Å². The zero-order valence-electron chi connectivity index (χ0n) is 5.86. The van der Waals surface area contributed by atoms with Gasteiger partial charge >= 0.3 is 0 Å². The van der Waals surface area contributed by atoms with Gasteiger partial charge in [-0.2, -0.15) is 0 Å². The first kappa shape index (κ1) is 7.58. The van der Waals surface area contributed by atoms with Crippen molar-refractivity contribution in [1.82, 2.24) is 0 Å². The average molecular weight is 236 g/mol. The van der Waals surface area contributed by atoms with E-state index in [1.54, 1.807) is 5.57 Å². The lowest BCUT2D eigenvalue weighted by atomic mass is 9.98. The van der Waals surface area contributed by atoms with Crippen molar-refractivity contribution in [3.05, 3.63) is 11.6 Å². The minimum absolute atomic E-state index is 0.915. The van der Waals surface area contributed by atoms with Crippen LogP contribution in [0.1, 0.15) is 32.6 Å². The van der Waals surface area contributed by atoms with Crippen LogP contribution in [0.15, 0.2) is 11.6 Å². The van der Waals surface area contributed by atoms with Crippen molar-refractivity contribution >= 4 is 22.6 Å². The molecule has 1 heteroatoms. The summed E-state index contributed by atoms with van der Waals surface area (Å²) in [5, 5.41) is 0. The number of halogens is 1. The first-order chi connectivity index (χ1) is 4.33. The maximum absolute atomic E-state index is 2.54. The van der Waals surface area contributed by atoms with E-state index in [9.17, 15) is 0 Å². The fourth-order valence-electron chi connectivity index (χ4n) is 1.18. The summed E-state index contributed by atoms with van der Waals surface area (Å²) in [4.78, 5) is 0. The van der Waals surface area contributed by atoms with Gasteiger partial charge in [0.25, 0.3) is 0 Å². The highest BCUT2D eigenvalue weighted by Crippen LogP contribution is 2.25. The van der Waals surface area contributed by atoms with E-state index in [-0.39, 0.29) is 0 Å². The van der Waals surface area contributed by atoms with Crippen LogP contribution in [-0.2, 0) is 0 Å². The van der Waals surface area contributed by atoms with Crippen molar-refractivity contribution in [2.45, 2.75) is 36.5 Å². The van der Waals surface area contributed by atoms with Gasteiger partial charge in [0.05, 0.1) is 0 Å². The molecule has 0 radical (unpaired) electrons. The Morgan fingerprint density at radius 2 is 2.56 bits per heavy atom. The van der Waals surface area contributed by atoms with Gasteiger partial charge in [-0.15, -0.1) is 0 Å². The smallest absolute Gasteiger partial charge is 0.0147 e. The van der Waals surface area contributed by atoms with Gasteiger partial charge in [0.2, 0.25) is 0 Å². The second kappa shape index (κ2) is 3.59. The monoisotopic (exact) mass is 236 g/mol. The lowest BCUT2D eigenvalue weighted by Crippen LogP contribution is -2.02. The molecule has 1 atom stereocenters. The summed E-state index contributed by atoms with van der Waals surface area (Å²) in [5.41, 5.74) is 1.67. The number of hydrogen-bond donors (Lipinski definition) is 0. The van der Waals surface area contributed by atoms with Gasteiger partial charge in [-0.25, -0.2) is 0 Å². The molecule has 0 saturated carbocycles. The van der Waals surface area contributed by atoms with Crippen LogP contribution in [0.2, 0.25) is 0 Å². The Kier molecular flexibility index (Phi) is 3.02. The third kappa shape index (κ3) is 2.28. The van der Waals surface area contributed by atoms with Crippen LogP contribution in [0.4, 0.5) is 0 Å². The maximum Gasteiger partial charge on any atom is 0.0147 e. The van der Waals surface area contributed by atoms with Gasteiger partial charge in [-0.05, 0) is 25.7 Å². The quantitative estimate of drug-likeness (QED) is 0.372. The molecule has 0 heterocycles. The van der Waals surface area contributed by atoms with Crippen molar-refractivity contribution in [2.75, 3.05) is 0 Å². The Hall–Kier alpha value is 0.470. The van der Waals surface area contributed by atoms with E-state index in [1.807, 2.05) is 0 Å². The second-order valence-corrected chi connectivity index (χ2v) is 4.35. The van der Waals surface area contributed by atoms with Gasteiger partial charge in [-0.1, -0.05) is 41.2 Å². The largest absolute Gasteiger partial charge is 0.0843 e. The lowest BCUT2D eigenvalue weighted by molar-refractivity contribution is 0.717. The van der Waals surface area contributed by atoms with E-state index in [4.69, 9.17) is 0 Å². The summed E-state index contributed by atoms with van der Waals surface area (Å²) in [6, 6.07) is 0. The predicted octanol–water partition coefficient (Wildman–Crippen LogP) is 3.31. The van der Waals surface area contributed by atoms with Crippen molar-refractivity contribution in [2.24, 2.45) is 0 Å². The molecule has 0 spiro atoms. The molecule has 0 N–H and O–H groups in total. The fourth-order valence-corrected chi connectivity index (χ4v) is 1.74. The van der Waals surface area contributed by atoms with Crippen LogP contribution in [0, 0.1) is 0 Å². The van der Waals surface area contributed by atoms with Crippen LogP contribution < -0.4 is 0 Å². The van der Waals surface area contributed by atoms with Gasteiger partial charge < -0.3 is 0 Å². The Morgan fingerprint density at radius 1 is 1.78 bits per heavy atom. The Morgan fingerprint density at radius 3 is 3.00 bits per heavy atom. The summed E-state index contributed by atoms with van der Waals surface area (Å²) >= 11 is 2.54. The average Bonchev–Trinajstić information content (AvgIpc) is 1.90. The molecule has 1 aliphatic rings. The molecular weight excluding hydrogens is 223 g/mol. The predicted molar refractivity (Wildman–Crippen MR) is 50.0 cm³/mol. The molecule has 0 saturated heterocycles. The maximum atomic E-state index is 2.54. The normalized spacial score (nSPS) is 27.8. The van der Waals surface area contributed by atoms with E-state index in [0.717, 1.165) is 3.92 Å². The summed E-state index contributed by atoms with van der Waals surface area (Å²) in [7, 11) is 0. The molecular formula is C8H13I. The molecule has 1 rings (SSSR count). The summed E-state index contributed by atoms with van der Waals surface area (Å²) in [6.45, 7) is 2.25. The summed E-state index contributed by atoms with van der Waals surface area (Å²) in [6.07, 6.45) is 7.75. The number of alkyl halides is 1. The molecule has 0 amide bonds. The first-order valence-corrected chi connectivity index (χ1v) is 4.89. The van der Waals surface area contributed by atoms with E-state index < -0.39 is 0 Å². The third-order valence-corrected chi connectivity index (χ3v) is 3.03. The highest BCUT2D eigenvalue weighted by Gasteiger charge is 2.08. The molecule has 0 nitrogen and oxygen atoms in total. The molecule has 0 unspecified atom stereocenters. The van der Waals surface area contributed by atoms with E-state index in [2.05, 4.69) is 35.6 Å². The number of allylic oxidation sites excluding steroid dienone is 2. The number of hydrogen-bond acceptors (Lipinski definition) is 0. The Labute approximate surface area is 70.9 Å². The molecule has 52 valence electrons. The van der Waals surface area contributed by atoms with E-state index in [0.29, 0.717) is 0 Å². The van der Waals surface area contributed by atoms with E-state index in [1.165, 1.54) is 25.7 Å². The van der Waals surface area contributed by atoms with Crippen molar-refractivity contribution in [3.8, 4) is 0 Å². The lowest BCUT2D eigenvalue weighted by Gasteiger charge is -2.15. The van der Waals surface area contributed by atoms with Crippen LogP contribution in [0.25, 0.3) is 0 Å². The van der Waals surface area contributed by atoms with Gasteiger partial charge in [0, 0.05) is 3.92 Å². The van der Waals surface area contributed by atoms with E-state index >= 15 is 0 Å². The van der Waals surface area contributed by atoms with Gasteiger partial charge in [0.15, 0.2) is 0 Å². The second-order valence-electron chi connectivity index (χ2n) is 2.59. The molecule has 9 heavy (non-hydrogen) atoms. The van der Waals surface area contributed by atoms with Crippen molar-refractivity contribution in [3.63, 3.8) is 0 Å². The van der Waals surface area contributed by atoms with Crippen LogP contribution in [-0.4, -0.2) is 3.92 Å². The van der Waals surface area contributed by atoms with Crippen LogP contribution >= 0.6 is 22.6 Å². The molecule has 0 aromatic heterocycles. The summed E-state index contributed by atoms with van der Waals surface area (Å²) < 4.78 is 0.915. The van der Waals surface area contributed by atoms with Crippen LogP contribution in [0.3, 0.4) is 0 Å².